The van der Waals surface area contributed by atoms with Crippen LogP contribution in [0.3, 0.4) is 0 Å². The fourth-order valence-electron chi connectivity index (χ4n) is 4.71. The van der Waals surface area contributed by atoms with Crippen LogP contribution >= 0.6 is 0 Å². The molecule has 1 aromatic carbocycles. The van der Waals surface area contributed by atoms with E-state index in [2.05, 4.69) is 4.74 Å². The second kappa shape index (κ2) is 7.10. The summed E-state index contributed by atoms with van der Waals surface area (Å²) in [5.74, 6) is -19.0. The number of carbonyl (C=O) groups is 2. The summed E-state index contributed by atoms with van der Waals surface area (Å²) in [6.07, 6.45) is -1.52. The number of ether oxygens (including phenoxy) is 2. The molecule has 0 aromatic heterocycles. The minimum absolute atomic E-state index is 0.0576. The Labute approximate surface area is 177 Å². The third-order valence-corrected chi connectivity index (χ3v) is 7.17. The van der Waals surface area contributed by atoms with E-state index in [9.17, 15) is 48.5 Å². The number of hydrogen-bond acceptors (Lipinski definition) is 10. The molecule has 0 spiro atoms. The Kier molecular flexibility index (Phi) is 5.07. The van der Waals surface area contributed by atoms with Crippen LogP contribution in [-0.2, 0) is 38.7 Å². The van der Waals surface area contributed by atoms with Crippen LogP contribution < -0.4 is 4.74 Å². The van der Waals surface area contributed by atoms with Gasteiger partial charge in [0.25, 0.3) is 10.1 Å². The Hall–Kier alpha value is -2.30. The van der Waals surface area contributed by atoms with Crippen LogP contribution in [-0.4, -0.2) is 51.8 Å². The highest BCUT2D eigenvalue weighted by atomic mass is 32.2. The smallest absolute Gasteiger partial charge is 0.315 e. The molecule has 2 bridgehead atoms. The minimum Gasteiger partial charge on any atom is -0.744 e. The van der Waals surface area contributed by atoms with Crippen molar-refractivity contribution in [2.45, 2.75) is 23.5 Å². The van der Waals surface area contributed by atoms with Crippen molar-refractivity contribution in [2.75, 3.05) is 6.26 Å². The summed E-state index contributed by atoms with van der Waals surface area (Å²) in [6.45, 7) is 0. The molecule has 1 heterocycles. The highest BCUT2D eigenvalue weighted by Gasteiger charge is 2.70. The Morgan fingerprint density at radius 2 is 1.59 bits per heavy atom. The Morgan fingerprint density at radius 3 is 2.09 bits per heavy atom. The van der Waals surface area contributed by atoms with E-state index < -0.39 is 102 Å². The van der Waals surface area contributed by atoms with Gasteiger partial charge in [-0.2, -0.15) is 17.2 Å². The lowest BCUT2D eigenvalue weighted by Gasteiger charge is -2.29. The standard InChI is InChI=1S/C16H12F4O10S2/c1-31(23,24)30-12-4-2-3-5(15(21)28-11(3)12)6(4)16(22)29-13-7(17)9(19)14(32(25,26)27)10(20)8(13)18/h3-6,11-12H,2H2,1H3,(H,25,26,27)/p-1. The molecular formula is C16H11F4O10S2-. The van der Waals surface area contributed by atoms with Gasteiger partial charge in [0.1, 0.15) is 27.2 Å². The molecule has 32 heavy (non-hydrogen) atoms. The quantitative estimate of drug-likeness (QED) is 0.136. The van der Waals surface area contributed by atoms with Crippen LogP contribution in [0.25, 0.3) is 0 Å². The molecule has 0 amide bonds. The van der Waals surface area contributed by atoms with E-state index in [4.69, 9.17) is 8.92 Å². The highest BCUT2D eigenvalue weighted by molar-refractivity contribution is 7.86. The normalized spacial score (nSPS) is 31.1. The number of carbonyl (C=O) groups excluding carboxylic acids is 2. The van der Waals surface area contributed by atoms with Gasteiger partial charge in [0, 0.05) is 11.8 Å². The van der Waals surface area contributed by atoms with E-state index in [0.29, 0.717) is 6.26 Å². The Bertz CT molecular complexity index is 1230. The van der Waals surface area contributed by atoms with Crippen LogP contribution in [0.1, 0.15) is 6.42 Å². The van der Waals surface area contributed by atoms with Crippen molar-refractivity contribution in [3.05, 3.63) is 23.3 Å². The number of hydrogen-bond donors (Lipinski definition) is 0. The van der Waals surface area contributed by atoms with E-state index >= 15 is 0 Å². The molecule has 1 aromatic rings. The fourth-order valence-corrected chi connectivity index (χ4v) is 5.99. The van der Waals surface area contributed by atoms with Crippen molar-refractivity contribution in [2.24, 2.45) is 23.7 Å². The lowest BCUT2D eigenvalue weighted by atomic mass is 9.78. The summed E-state index contributed by atoms with van der Waals surface area (Å²) in [7, 11) is -10.0. The van der Waals surface area contributed by atoms with E-state index in [1.165, 1.54) is 0 Å². The predicted octanol–water partition coefficient (Wildman–Crippen LogP) is 0.205. The first kappa shape index (κ1) is 22.9. The molecule has 10 nitrogen and oxygen atoms in total. The number of rotatable bonds is 5. The molecule has 0 N–H and O–H groups in total. The lowest BCUT2D eigenvalue weighted by Crippen LogP contribution is -2.44. The number of esters is 2. The van der Waals surface area contributed by atoms with Crippen LogP contribution in [0.15, 0.2) is 4.90 Å². The zero-order chi connectivity index (χ0) is 23.9. The summed E-state index contributed by atoms with van der Waals surface area (Å²) in [5.41, 5.74) is 0. The molecule has 16 heteroatoms. The highest BCUT2D eigenvalue weighted by Crippen LogP contribution is 2.59. The van der Waals surface area contributed by atoms with Crippen molar-refractivity contribution in [1.82, 2.24) is 0 Å². The van der Waals surface area contributed by atoms with Gasteiger partial charge in [0.2, 0.25) is 17.4 Å². The van der Waals surface area contributed by atoms with E-state index in [1.807, 2.05) is 0 Å². The molecule has 2 aliphatic carbocycles. The van der Waals surface area contributed by atoms with Crippen LogP contribution in [0.4, 0.5) is 17.6 Å². The lowest BCUT2D eigenvalue weighted by molar-refractivity contribution is -0.150. The SMILES string of the molecule is CS(=O)(=O)OC1C2CC3C1OC(=O)C3C2C(=O)Oc1c(F)c(F)c(S(=O)(=O)[O-])c(F)c1F. The van der Waals surface area contributed by atoms with Crippen molar-refractivity contribution < 1.29 is 62.2 Å². The van der Waals surface area contributed by atoms with E-state index in [1.54, 1.807) is 0 Å². The van der Waals surface area contributed by atoms with Crippen LogP contribution in [0.5, 0.6) is 5.75 Å². The zero-order valence-corrected chi connectivity index (χ0v) is 17.2. The molecule has 3 fully saturated rings. The molecule has 4 rings (SSSR count). The average molecular weight is 503 g/mol. The largest absolute Gasteiger partial charge is 0.744 e. The molecular weight excluding hydrogens is 492 g/mol. The maximum atomic E-state index is 14.2. The molecule has 6 atom stereocenters. The molecule has 1 aliphatic heterocycles. The first-order valence-corrected chi connectivity index (χ1v) is 12.0. The van der Waals surface area contributed by atoms with Gasteiger partial charge in [-0.3, -0.25) is 13.8 Å². The van der Waals surface area contributed by atoms with Gasteiger partial charge in [0.15, 0.2) is 11.6 Å². The van der Waals surface area contributed by atoms with Gasteiger partial charge in [-0.1, -0.05) is 0 Å². The topological polar surface area (TPSA) is 153 Å². The van der Waals surface area contributed by atoms with Gasteiger partial charge in [0.05, 0.1) is 18.1 Å². The number of benzene rings is 1. The molecule has 1 saturated heterocycles. The Balaban J connectivity index is 1.70. The summed E-state index contributed by atoms with van der Waals surface area (Å²) in [4.78, 5) is 22.4. The second-order valence-electron chi connectivity index (χ2n) is 7.57. The molecule has 3 aliphatic rings. The van der Waals surface area contributed by atoms with Gasteiger partial charge < -0.3 is 14.0 Å². The van der Waals surface area contributed by atoms with Crippen LogP contribution in [0, 0.1) is 46.9 Å². The van der Waals surface area contributed by atoms with Gasteiger partial charge in [-0.05, 0) is 6.42 Å². The summed E-state index contributed by atoms with van der Waals surface area (Å²) in [5, 5.41) is 0. The summed E-state index contributed by atoms with van der Waals surface area (Å²) in [6, 6.07) is 0. The maximum absolute atomic E-state index is 14.2. The molecule has 6 unspecified atom stereocenters. The van der Waals surface area contributed by atoms with Crippen molar-refractivity contribution >= 4 is 32.2 Å². The second-order valence-corrected chi connectivity index (χ2v) is 10.5. The van der Waals surface area contributed by atoms with Crippen LogP contribution in [0.2, 0.25) is 0 Å². The summed E-state index contributed by atoms with van der Waals surface area (Å²) < 4.78 is 126. The predicted molar refractivity (Wildman–Crippen MR) is 88.0 cm³/mol. The Morgan fingerprint density at radius 1 is 1.03 bits per heavy atom. The van der Waals surface area contributed by atoms with Crippen molar-refractivity contribution in [3.63, 3.8) is 0 Å². The number of fused-ring (bicyclic) bond motifs is 1. The zero-order valence-electron chi connectivity index (χ0n) is 15.6. The molecule has 2 saturated carbocycles. The van der Waals surface area contributed by atoms with E-state index in [-0.39, 0.29) is 6.42 Å². The fraction of sp³-hybridized carbons (Fsp3) is 0.500. The third kappa shape index (κ3) is 3.36. The summed E-state index contributed by atoms with van der Waals surface area (Å²) >= 11 is 0. The van der Waals surface area contributed by atoms with E-state index in [0.717, 1.165) is 0 Å². The maximum Gasteiger partial charge on any atom is 0.315 e. The van der Waals surface area contributed by atoms with Crippen molar-refractivity contribution in [3.8, 4) is 5.75 Å². The number of halogens is 4. The average Bonchev–Trinajstić information content (AvgIpc) is 3.25. The van der Waals surface area contributed by atoms with Crippen molar-refractivity contribution in [1.29, 1.82) is 0 Å². The first-order chi connectivity index (χ1) is 14.6. The first-order valence-electron chi connectivity index (χ1n) is 8.75. The van der Waals surface area contributed by atoms with Gasteiger partial charge in [-0.25, -0.2) is 17.2 Å². The monoisotopic (exact) mass is 503 g/mol. The molecule has 176 valence electrons. The van der Waals surface area contributed by atoms with Gasteiger partial charge in [-0.15, -0.1) is 0 Å². The minimum atomic E-state index is -5.97. The van der Waals surface area contributed by atoms with Gasteiger partial charge >= 0.3 is 11.9 Å². The third-order valence-electron chi connectivity index (χ3n) is 5.74. The molecule has 0 radical (unpaired) electrons.